The third kappa shape index (κ3) is 1.61. The summed E-state index contributed by atoms with van der Waals surface area (Å²) in [7, 11) is 0. The first-order chi connectivity index (χ1) is 9.31. The highest BCUT2D eigenvalue weighted by Crippen LogP contribution is 2.31. The van der Waals surface area contributed by atoms with Crippen molar-refractivity contribution in [3.05, 3.63) is 42.4 Å². The molecule has 0 unspecified atom stereocenters. The molecule has 0 saturated carbocycles. The molecule has 0 aliphatic heterocycles. The van der Waals surface area contributed by atoms with Crippen LogP contribution in [-0.4, -0.2) is 24.8 Å². The maximum absolute atomic E-state index is 4.55. The van der Waals surface area contributed by atoms with Gasteiger partial charge in [0.25, 0.3) is 0 Å². The summed E-state index contributed by atoms with van der Waals surface area (Å²) in [5, 5.41) is 14.4. The first-order valence-corrected chi connectivity index (χ1v) is 6.66. The second-order valence-corrected chi connectivity index (χ2v) is 5.25. The zero-order chi connectivity index (χ0) is 12.8. The molecule has 0 spiro atoms. The predicted octanol–water partition coefficient (Wildman–Crippen LogP) is 2.71. The van der Waals surface area contributed by atoms with E-state index in [9.17, 15) is 0 Å². The number of aryl methyl sites for hydroxylation is 1. The Hall–Kier alpha value is -2.34. The van der Waals surface area contributed by atoms with Gasteiger partial charge in [-0.1, -0.05) is 29.5 Å². The Labute approximate surface area is 112 Å². The van der Waals surface area contributed by atoms with E-state index < -0.39 is 0 Å². The van der Waals surface area contributed by atoms with E-state index in [4.69, 9.17) is 0 Å². The molecule has 92 valence electrons. The van der Waals surface area contributed by atoms with Crippen LogP contribution in [0.4, 0.5) is 0 Å². The standard InChI is InChI=1S/C13H9N5S/c1-8-6-10(9-4-2-3-5-11(9)15-8)12-17-18-7-14-16-13(18)19-12/h2-7H,1H3. The van der Waals surface area contributed by atoms with E-state index >= 15 is 0 Å². The molecule has 0 N–H and O–H groups in total. The summed E-state index contributed by atoms with van der Waals surface area (Å²) in [6.07, 6.45) is 1.62. The van der Waals surface area contributed by atoms with Crippen LogP contribution in [0.5, 0.6) is 0 Å². The molecule has 19 heavy (non-hydrogen) atoms. The number of rotatable bonds is 1. The summed E-state index contributed by atoms with van der Waals surface area (Å²) in [6, 6.07) is 10.2. The van der Waals surface area contributed by atoms with Gasteiger partial charge in [0.15, 0.2) is 0 Å². The molecule has 0 aliphatic rings. The van der Waals surface area contributed by atoms with Crippen molar-refractivity contribution in [2.24, 2.45) is 0 Å². The molecule has 0 aliphatic carbocycles. The minimum absolute atomic E-state index is 0.800. The summed E-state index contributed by atoms with van der Waals surface area (Å²) in [5.41, 5.74) is 3.07. The van der Waals surface area contributed by atoms with E-state index in [0.29, 0.717) is 0 Å². The molecule has 0 radical (unpaired) electrons. The highest BCUT2D eigenvalue weighted by Gasteiger charge is 2.12. The van der Waals surface area contributed by atoms with Crippen molar-refractivity contribution in [3.8, 4) is 10.6 Å². The number of fused-ring (bicyclic) bond motifs is 2. The van der Waals surface area contributed by atoms with Crippen LogP contribution in [0, 0.1) is 6.92 Å². The van der Waals surface area contributed by atoms with Gasteiger partial charge in [0.1, 0.15) is 11.3 Å². The fourth-order valence-corrected chi connectivity index (χ4v) is 3.00. The Morgan fingerprint density at radius 1 is 1.21 bits per heavy atom. The first-order valence-electron chi connectivity index (χ1n) is 5.85. The molecule has 3 aromatic heterocycles. The largest absolute Gasteiger partial charge is 0.253 e. The molecule has 0 atom stereocenters. The Balaban J connectivity index is 2.06. The number of nitrogens with zero attached hydrogens (tertiary/aromatic N) is 5. The Bertz CT molecular complexity index is 864. The summed E-state index contributed by atoms with van der Waals surface area (Å²) in [4.78, 5) is 5.35. The van der Waals surface area contributed by atoms with Crippen LogP contribution in [0.1, 0.15) is 5.69 Å². The molecule has 0 fully saturated rings. The lowest BCUT2D eigenvalue weighted by molar-refractivity contribution is 0.960. The Morgan fingerprint density at radius 3 is 3.00 bits per heavy atom. The minimum Gasteiger partial charge on any atom is -0.253 e. The SMILES string of the molecule is Cc1cc(-c2nn3cnnc3s2)c2ccccc2n1. The van der Waals surface area contributed by atoms with E-state index in [2.05, 4.69) is 32.4 Å². The topological polar surface area (TPSA) is 56.0 Å². The van der Waals surface area contributed by atoms with Crippen molar-refractivity contribution in [2.45, 2.75) is 6.92 Å². The number of para-hydroxylation sites is 1. The van der Waals surface area contributed by atoms with Crippen LogP contribution in [0.25, 0.3) is 26.4 Å². The lowest BCUT2D eigenvalue weighted by Crippen LogP contribution is -1.89. The van der Waals surface area contributed by atoms with Crippen LogP contribution >= 0.6 is 11.3 Å². The summed E-state index contributed by atoms with van der Waals surface area (Å²) >= 11 is 1.53. The van der Waals surface area contributed by atoms with Crippen molar-refractivity contribution in [3.63, 3.8) is 0 Å². The second-order valence-electron chi connectivity index (χ2n) is 4.29. The van der Waals surface area contributed by atoms with Gasteiger partial charge < -0.3 is 0 Å². The van der Waals surface area contributed by atoms with Crippen molar-refractivity contribution < 1.29 is 0 Å². The summed E-state index contributed by atoms with van der Waals surface area (Å²) in [5.74, 6) is 0. The smallest absolute Gasteiger partial charge is 0.234 e. The molecule has 0 saturated heterocycles. The van der Waals surface area contributed by atoms with Crippen molar-refractivity contribution >= 4 is 27.2 Å². The van der Waals surface area contributed by atoms with Crippen LogP contribution in [0.15, 0.2) is 36.7 Å². The Kier molecular flexibility index (Phi) is 2.13. The average molecular weight is 267 g/mol. The fourth-order valence-electron chi connectivity index (χ4n) is 2.15. The maximum Gasteiger partial charge on any atom is 0.234 e. The van der Waals surface area contributed by atoms with E-state index in [0.717, 1.165) is 32.1 Å². The van der Waals surface area contributed by atoms with Gasteiger partial charge in [0.05, 0.1) is 5.52 Å². The van der Waals surface area contributed by atoms with Gasteiger partial charge in [0.2, 0.25) is 4.96 Å². The van der Waals surface area contributed by atoms with Gasteiger partial charge in [0, 0.05) is 16.6 Å². The van der Waals surface area contributed by atoms with Gasteiger partial charge in [-0.15, -0.1) is 10.2 Å². The van der Waals surface area contributed by atoms with Gasteiger partial charge in [-0.2, -0.15) is 9.61 Å². The number of aromatic nitrogens is 5. The molecular weight excluding hydrogens is 258 g/mol. The predicted molar refractivity (Wildman–Crippen MR) is 74.1 cm³/mol. The zero-order valence-corrected chi connectivity index (χ0v) is 10.9. The van der Waals surface area contributed by atoms with E-state index in [-0.39, 0.29) is 0 Å². The van der Waals surface area contributed by atoms with Crippen LogP contribution < -0.4 is 0 Å². The summed E-state index contributed by atoms with van der Waals surface area (Å²) in [6.45, 7) is 2.00. The van der Waals surface area contributed by atoms with Crippen LogP contribution in [0.3, 0.4) is 0 Å². The molecule has 3 heterocycles. The van der Waals surface area contributed by atoms with Crippen molar-refractivity contribution in [1.29, 1.82) is 0 Å². The molecule has 4 rings (SSSR count). The fraction of sp³-hybridized carbons (Fsp3) is 0.0769. The first kappa shape index (κ1) is 10.6. The quantitative estimate of drug-likeness (QED) is 0.532. The summed E-state index contributed by atoms with van der Waals surface area (Å²) < 4.78 is 1.70. The van der Waals surface area contributed by atoms with Gasteiger partial charge in [-0.3, -0.25) is 4.98 Å². The number of benzene rings is 1. The van der Waals surface area contributed by atoms with Gasteiger partial charge in [-0.25, -0.2) is 0 Å². The molecule has 4 aromatic rings. The second kappa shape index (κ2) is 3.83. The number of hydrogen-bond donors (Lipinski definition) is 0. The normalized spacial score (nSPS) is 11.4. The van der Waals surface area contributed by atoms with E-state index in [1.54, 1.807) is 10.8 Å². The minimum atomic E-state index is 0.800. The monoisotopic (exact) mass is 267 g/mol. The highest BCUT2D eigenvalue weighted by molar-refractivity contribution is 7.19. The van der Waals surface area contributed by atoms with E-state index in [1.807, 2.05) is 25.1 Å². The van der Waals surface area contributed by atoms with Crippen LogP contribution in [0.2, 0.25) is 0 Å². The maximum atomic E-state index is 4.55. The average Bonchev–Trinajstić information content (AvgIpc) is 2.98. The molecule has 0 bridgehead atoms. The zero-order valence-electron chi connectivity index (χ0n) is 10.1. The number of hydrogen-bond acceptors (Lipinski definition) is 5. The lowest BCUT2D eigenvalue weighted by atomic mass is 10.1. The lowest BCUT2D eigenvalue weighted by Gasteiger charge is -2.04. The third-order valence-corrected chi connectivity index (χ3v) is 3.91. The molecule has 0 amide bonds. The molecule has 1 aromatic carbocycles. The van der Waals surface area contributed by atoms with Crippen molar-refractivity contribution in [2.75, 3.05) is 0 Å². The number of pyridine rings is 1. The molecular formula is C13H9N5S. The molecule has 5 nitrogen and oxygen atoms in total. The van der Waals surface area contributed by atoms with Gasteiger partial charge >= 0.3 is 0 Å². The third-order valence-electron chi connectivity index (χ3n) is 2.96. The highest BCUT2D eigenvalue weighted by atomic mass is 32.1. The van der Waals surface area contributed by atoms with Crippen LogP contribution in [-0.2, 0) is 0 Å². The molecule has 6 heteroatoms. The van der Waals surface area contributed by atoms with Gasteiger partial charge in [-0.05, 0) is 19.1 Å². The Morgan fingerprint density at radius 2 is 2.11 bits per heavy atom. The van der Waals surface area contributed by atoms with Crippen molar-refractivity contribution in [1.82, 2.24) is 24.8 Å². The van der Waals surface area contributed by atoms with E-state index in [1.165, 1.54) is 11.3 Å².